The highest BCUT2D eigenvalue weighted by molar-refractivity contribution is 6.30. The standard InChI is InChI=1S/C10H16ClF2N3O/c1-7-8(10(11)16(2)15-7)5-14-3-4-17-6-9(12)13/h9,14H,3-6H2,1-2H3. The minimum absolute atomic E-state index is 0.251. The second-order valence-electron chi connectivity index (χ2n) is 3.62. The topological polar surface area (TPSA) is 39.1 Å². The fourth-order valence-electron chi connectivity index (χ4n) is 1.40. The number of alkyl halides is 2. The highest BCUT2D eigenvalue weighted by Crippen LogP contribution is 2.17. The first kappa shape index (κ1) is 14.3. The van der Waals surface area contributed by atoms with Crippen molar-refractivity contribution in [3.05, 3.63) is 16.4 Å². The van der Waals surface area contributed by atoms with Crippen LogP contribution in [0.15, 0.2) is 0 Å². The maximum absolute atomic E-state index is 11.7. The van der Waals surface area contributed by atoms with Crippen molar-refractivity contribution in [2.24, 2.45) is 7.05 Å². The molecule has 0 unspecified atom stereocenters. The lowest BCUT2D eigenvalue weighted by Crippen LogP contribution is -2.21. The van der Waals surface area contributed by atoms with E-state index in [9.17, 15) is 8.78 Å². The monoisotopic (exact) mass is 267 g/mol. The molecule has 1 rings (SSSR count). The zero-order chi connectivity index (χ0) is 12.8. The third-order valence-corrected chi connectivity index (χ3v) is 2.71. The fraction of sp³-hybridized carbons (Fsp3) is 0.700. The summed E-state index contributed by atoms with van der Waals surface area (Å²) in [6, 6.07) is 0. The Balaban J connectivity index is 2.22. The Morgan fingerprint density at radius 3 is 2.76 bits per heavy atom. The summed E-state index contributed by atoms with van der Waals surface area (Å²) in [6.45, 7) is 2.65. The van der Waals surface area contributed by atoms with Gasteiger partial charge in [0.05, 0.1) is 12.3 Å². The van der Waals surface area contributed by atoms with Gasteiger partial charge in [-0.25, -0.2) is 8.78 Å². The number of ether oxygens (including phenoxy) is 1. The lowest BCUT2D eigenvalue weighted by molar-refractivity contribution is 0.0187. The third kappa shape index (κ3) is 4.57. The van der Waals surface area contributed by atoms with Gasteiger partial charge in [0.15, 0.2) is 0 Å². The molecule has 4 nitrogen and oxygen atoms in total. The van der Waals surface area contributed by atoms with Crippen molar-refractivity contribution >= 4 is 11.6 Å². The van der Waals surface area contributed by atoms with Crippen LogP contribution in [0.5, 0.6) is 0 Å². The lowest BCUT2D eigenvalue weighted by Gasteiger charge is -2.05. The van der Waals surface area contributed by atoms with Crippen LogP contribution in [-0.2, 0) is 18.3 Å². The smallest absolute Gasteiger partial charge is 0.261 e. The Morgan fingerprint density at radius 1 is 1.53 bits per heavy atom. The van der Waals surface area contributed by atoms with Crippen LogP contribution in [-0.4, -0.2) is 36.0 Å². The van der Waals surface area contributed by atoms with E-state index in [1.54, 1.807) is 11.7 Å². The molecule has 0 saturated carbocycles. The number of rotatable bonds is 7. The van der Waals surface area contributed by atoms with Crippen LogP contribution < -0.4 is 5.32 Å². The average molecular weight is 268 g/mol. The van der Waals surface area contributed by atoms with Crippen molar-refractivity contribution in [2.75, 3.05) is 19.8 Å². The molecule has 0 fully saturated rings. The van der Waals surface area contributed by atoms with E-state index in [2.05, 4.69) is 10.4 Å². The molecule has 0 spiro atoms. The predicted octanol–water partition coefficient (Wildman–Crippen LogP) is 1.75. The number of halogens is 3. The molecule has 0 saturated heterocycles. The molecule has 0 bridgehead atoms. The van der Waals surface area contributed by atoms with Crippen molar-refractivity contribution in [1.82, 2.24) is 15.1 Å². The molecule has 0 radical (unpaired) electrons. The molecule has 1 aromatic heterocycles. The molecule has 17 heavy (non-hydrogen) atoms. The average Bonchev–Trinajstić information content (AvgIpc) is 2.48. The van der Waals surface area contributed by atoms with Crippen molar-refractivity contribution < 1.29 is 13.5 Å². The number of hydrogen-bond donors (Lipinski definition) is 1. The maximum Gasteiger partial charge on any atom is 0.261 e. The van der Waals surface area contributed by atoms with Crippen LogP contribution in [0.1, 0.15) is 11.3 Å². The van der Waals surface area contributed by atoms with Gasteiger partial charge in [-0.1, -0.05) is 11.6 Å². The number of hydrogen-bond acceptors (Lipinski definition) is 3. The van der Waals surface area contributed by atoms with E-state index in [-0.39, 0.29) is 6.61 Å². The molecule has 1 N–H and O–H groups in total. The van der Waals surface area contributed by atoms with Crippen molar-refractivity contribution in [2.45, 2.75) is 19.9 Å². The van der Waals surface area contributed by atoms with Crippen LogP contribution in [0.4, 0.5) is 8.78 Å². The summed E-state index contributed by atoms with van der Waals surface area (Å²) < 4.78 is 29.8. The molecule has 0 aliphatic carbocycles. The van der Waals surface area contributed by atoms with Crippen LogP contribution in [0.2, 0.25) is 5.15 Å². The molecule has 7 heteroatoms. The SMILES string of the molecule is Cc1nn(C)c(Cl)c1CNCCOCC(F)F. The quantitative estimate of drug-likeness (QED) is 0.765. The van der Waals surface area contributed by atoms with E-state index >= 15 is 0 Å². The molecule has 0 aromatic carbocycles. The maximum atomic E-state index is 11.7. The number of nitrogens with zero attached hydrogens (tertiary/aromatic N) is 2. The van der Waals surface area contributed by atoms with Gasteiger partial charge in [0.25, 0.3) is 6.43 Å². The molecule has 0 aliphatic heterocycles. The van der Waals surface area contributed by atoms with Gasteiger partial charge in [-0.3, -0.25) is 4.68 Å². The number of aryl methyl sites for hydroxylation is 2. The van der Waals surface area contributed by atoms with E-state index in [0.717, 1.165) is 11.3 Å². The summed E-state index contributed by atoms with van der Waals surface area (Å²) in [4.78, 5) is 0. The molecular weight excluding hydrogens is 252 g/mol. The molecular formula is C10H16ClF2N3O. The zero-order valence-corrected chi connectivity index (χ0v) is 10.6. The second-order valence-corrected chi connectivity index (χ2v) is 3.98. The van der Waals surface area contributed by atoms with Gasteiger partial charge in [-0.15, -0.1) is 0 Å². The van der Waals surface area contributed by atoms with Gasteiger partial charge in [0.2, 0.25) is 0 Å². The highest BCUT2D eigenvalue weighted by atomic mass is 35.5. The van der Waals surface area contributed by atoms with Crippen LogP contribution in [0.25, 0.3) is 0 Å². The van der Waals surface area contributed by atoms with Crippen molar-refractivity contribution in [3.8, 4) is 0 Å². The minimum Gasteiger partial charge on any atom is -0.374 e. The van der Waals surface area contributed by atoms with Gasteiger partial charge in [-0.05, 0) is 6.92 Å². The first-order valence-corrected chi connectivity index (χ1v) is 5.64. The molecule has 98 valence electrons. The Hall–Kier alpha value is -0.720. The minimum atomic E-state index is -2.41. The van der Waals surface area contributed by atoms with Gasteiger partial charge >= 0.3 is 0 Å². The summed E-state index contributed by atoms with van der Waals surface area (Å²) in [5.41, 5.74) is 1.78. The van der Waals surface area contributed by atoms with Gasteiger partial charge in [0.1, 0.15) is 11.8 Å². The molecule has 0 aliphatic rings. The number of aromatic nitrogens is 2. The number of nitrogens with one attached hydrogen (secondary N) is 1. The van der Waals surface area contributed by atoms with E-state index in [1.807, 2.05) is 6.92 Å². The van der Waals surface area contributed by atoms with E-state index < -0.39 is 13.0 Å². The van der Waals surface area contributed by atoms with Crippen molar-refractivity contribution in [3.63, 3.8) is 0 Å². The summed E-state index contributed by atoms with van der Waals surface area (Å²) in [5.74, 6) is 0. The largest absolute Gasteiger partial charge is 0.374 e. The van der Waals surface area contributed by atoms with Crippen LogP contribution in [0.3, 0.4) is 0 Å². The Bertz CT molecular complexity index is 358. The first-order valence-electron chi connectivity index (χ1n) is 5.27. The van der Waals surface area contributed by atoms with E-state index in [4.69, 9.17) is 16.3 Å². The summed E-state index contributed by atoms with van der Waals surface area (Å²) in [6.07, 6.45) is -2.41. The van der Waals surface area contributed by atoms with Crippen molar-refractivity contribution in [1.29, 1.82) is 0 Å². The summed E-state index contributed by atoms with van der Waals surface area (Å²) in [7, 11) is 1.77. The Labute approximate surface area is 104 Å². The highest BCUT2D eigenvalue weighted by Gasteiger charge is 2.10. The summed E-state index contributed by atoms with van der Waals surface area (Å²) >= 11 is 6.03. The van der Waals surface area contributed by atoms with E-state index in [0.29, 0.717) is 18.2 Å². The first-order chi connectivity index (χ1) is 8.02. The predicted molar refractivity (Wildman–Crippen MR) is 61.5 cm³/mol. The molecule has 0 amide bonds. The Kier molecular flexibility index (Phi) is 5.80. The Morgan fingerprint density at radius 2 is 2.24 bits per heavy atom. The van der Waals surface area contributed by atoms with Crippen LogP contribution >= 0.6 is 11.6 Å². The lowest BCUT2D eigenvalue weighted by atomic mass is 10.2. The summed E-state index contributed by atoms with van der Waals surface area (Å²) in [5, 5.41) is 7.81. The molecule has 0 atom stereocenters. The molecule has 1 heterocycles. The fourth-order valence-corrected chi connectivity index (χ4v) is 1.65. The molecule has 1 aromatic rings. The van der Waals surface area contributed by atoms with Gasteiger partial charge in [0, 0.05) is 25.7 Å². The van der Waals surface area contributed by atoms with Gasteiger partial charge in [-0.2, -0.15) is 5.10 Å². The third-order valence-electron chi connectivity index (χ3n) is 2.24. The van der Waals surface area contributed by atoms with E-state index in [1.165, 1.54) is 0 Å². The normalized spacial score (nSPS) is 11.4. The van der Waals surface area contributed by atoms with Gasteiger partial charge < -0.3 is 10.1 Å². The van der Waals surface area contributed by atoms with Crippen LogP contribution in [0, 0.1) is 6.92 Å². The second kappa shape index (κ2) is 6.88. The zero-order valence-electron chi connectivity index (χ0n) is 9.84.